The maximum atomic E-state index is 13.0. The molecule has 0 fully saturated rings. The van der Waals surface area contributed by atoms with Gasteiger partial charge in [-0.3, -0.25) is 9.36 Å². The molecule has 1 aromatic carbocycles. The average molecular weight is 380 g/mol. The van der Waals surface area contributed by atoms with E-state index in [9.17, 15) is 9.18 Å². The predicted molar refractivity (Wildman–Crippen MR) is 97.6 cm³/mol. The van der Waals surface area contributed by atoms with E-state index in [0.717, 1.165) is 11.4 Å². The highest BCUT2D eigenvalue weighted by Crippen LogP contribution is 2.21. The summed E-state index contributed by atoms with van der Waals surface area (Å²) in [4.78, 5) is 14.0. The van der Waals surface area contributed by atoms with Crippen LogP contribution in [0.25, 0.3) is 17.2 Å². The molecule has 0 aliphatic heterocycles. The molecule has 8 nitrogen and oxygen atoms in total. The lowest BCUT2D eigenvalue weighted by Crippen LogP contribution is -2.14. The fourth-order valence-corrected chi connectivity index (χ4v) is 3.09. The number of tetrazole rings is 1. The van der Waals surface area contributed by atoms with Crippen molar-refractivity contribution in [3.63, 3.8) is 0 Å². The Balaban J connectivity index is 1.57. The summed E-state index contributed by atoms with van der Waals surface area (Å²) in [6.45, 7) is 5.50. The van der Waals surface area contributed by atoms with Crippen LogP contribution in [0.2, 0.25) is 0 Å². The van der Waals surface area contributed by atoms with Crippen molar-refractivity contribution in [2.75, 3.05) is 0 Å². The molecule has 0 unspecified atom stereocenters. The van der Waals surface area contributed by atoms with Gasteiger partial charge in [-0.1, -0.05) is 5.16 Å². The molecule has 0 aliphatic rings. The quantitative estimate of drug-likeness (QED) is 0.494. The average Bonchev–Trinajstić information content (AvgIpc) is 3.35. The van der Waals surface area contributed by atoms with Crippen LogP contribution < -0.4 is 0 Å². The summed E-state index contributed by atoms with van der Waals surface area (Å²) in [7, 11) is 0. The zero-order valence-corrected chi connectivity index (χ0v) is 15.5. The van der Waals surface area contributed by atoms with Gasteiger partial charge in [-0.2, -0.15) is 4.80 Å². The summed E-state index contributed by atoms with van der Waals surface area (Å²) < 4.78 is 20.0. The number of rotatable bonds is 5. The molecule has 0 saturated heterocycles. The van der Waals surface area contributed by atoms with Gasteiger partial charge in [-0.15, -0.1) is 10.2 Å². The van der Waals surface area contributed by atoms with E-state index in [2.05, 4.69) is 20.6 Å². The number of aryl methyl sites for hydroxylation is 2. The van der Waals surface area contributed by atoms with Crippen LogP contribution in [0, 0.1) is 26.6 Å². The van der Waals surface area contributed by atoms with Crippen molar-refractivity contribution >= 4 is 5.78 Å². The molecule has 0 atom stereocenters. The monoisotopic (exact) mass is 380 g/mol. The van der Waals surface area contributed by atoms with Gasteiger partial charge in [0.2, 0.25) is 5.82 Å². The molecule has 4 rings (SSSR count). The third kappa shape index (κ3) is 3.22. The van der Waals surface area contributed by atoms with E-state index in [0.29, 0.717) is 28.5 Å². The first-order valence-corrected chi connectivity index (χ1v) is 8.62. The van der Waals surface area contributed by atoms with Gasteiger partial charge in [-0.05, 0) is 56.3 Å². The number of nitrogens with zero attached hydrogens (tertiary/aromatic N) is 6. The van der Waals surface area contributed by atoms with Gasteiger partial charge < -0.3 is 4.52 Å². The van der Waals surface area contributed by atoms with Crippen molar-refractivity contribution in [3.8, 4) is 17.2 Å². The minimum Gasteiger partial charge on any atom is -0.360 e. The van der Waals surface area contributed by atoms with E-state index in [-0.39, 0.29) is 18.1 Å². The molecule has 0 saturated carbocycles. The van der Waals surface area contributed by atoms with Crippen molar-refractivity contribution in [1.29, 1.82) is 0 Å². The molecule has 4 aromatic rings. The lowest BCUT2D eigenvalue weighted by Gasteiger charge is -2.05. The fourth-order valence-electron chi connectivity index (χ4n) is 3.09. The highest BCUT2D eigenvalue weighted by molar-refractivity contribution is 5.97. The Morgan fingerprint density at radius 2 is 1.89 bits per heavy atom. The standard InChI is InChI=1S/C19H17FN6O2/c1-11-8-16(13(3)26(11)18-9-12(2)28-23-18)17(27)10-25-22-19(21-24-25)14-4-6-15(20)7-5-14/h4-9H,10H2,1-3H3. The molecule has 9 heteroatoms. The molecule has 0 bridgehead atoms. The first-order chi connectivity index (χ1) is 13.4. The van der Waals surface area contributed by atoms with E-state index in [4.69, 9.17) is 4.52 Å². The van der Waals surface area contributed by atoms with Gasteiger partial charge in [0, 0.05) is 28.6 Å². The molecule has 0 aliphatic carbocycles. The van der Waals surface area contributed by atoms with E-state index >= 15 is 0 Å². The van der Waals surface area contributed by atoms with Crippen LogP contribution in [-0.2, 0) is 6.54 Å². The number of ketones is 1. The zero-order chi connectivity index (χ0) is 19.8. The molecule has 3 aromatic heterocycles. The number of aromatic nitrogens is 6. The molecule has 0 N–H and O–H groups in total. The molecule has 3 heterocycles. The van der Waals surface area contributed by atoms with Crippen LogP contribution in [0.4, 0.5) is 4.39 Å². The maximum Gasteiger partial charge on any atom is 0.204 e. The third-order valence-electron chi connectivity index (χ3n) is 4.42. The molecule has 28 heavy (non-hydrogen) atoms. The zero-order valence-electron chi connectivity index (χ0n) is 15.5. The van der Waals surface area contributed by atoms with Crippen molar-refractivity contribution in [3.05, 3.63) is 64.9 Å². The second-order valence-electron chi connectivity index (χ2n) is 6.49. The number of hydrogen-bond donors (Lipinski definition) is 0. The summed E-state index contributed by atoms with van der Waals surface area (Å²) in [6.07, 6.45) is 0. The highest BCUT2D eigenvalue weighted by atomic mass is 19.1. The van der Waals surface area contributed by atoms with Gasteiger partial charge in [0.05, 0.1) is 0 Å². The smallest absolute Gasteiger partial charge is 0.204 e. The van der Waals surface area contributed by atoms with Crippen molar-refractivity contribution < 1.29 is 13.7 Å². The van der Waals surface area contributed by atoms with E-state index in [1.165, 1.54) is 16.9 Å². The Bertz CT molecular complexity index is 1160. The number of carbonyl (C=O) groups excluding carboxylic acids is 1. The van der Waals surface area contributed by atoms with Gasteiger partial charge in [0.1, 0.15) is 18.1 Å². The maximum absolute atomic E-state index is 13.0. The van der Waals surface area contributed by atoms with E-state index < -0.39 is 0 Å². The van der Waals surface area contributed by atoms with Gasteiger partial charge in [0.15, 0.2) is 11.6 Å². The highest BCUT2D eigenvalue weighted by Gasteiger charge is 2.19. The molecule has 142 valence electrons. The Kier molecular flexibility index (Phi) is 4.34. The van der Waals surface area contributed by atoms with Gasteiger partial charge in [0.25, 0.3) is 0 Å². The van der Waals surface area contributed by atoms with E-state index in [1.807, 2.05) is 31.4 Å². The predicted octanol–water partition coefficient (Wildman–Crippen LogP) is 3.07. The van der Waals surface area contributed by atoms with Crippen LogP contribution in [-0.4, -0.2) is 35.7 Å². The Morgan fingerprint density at radius 1 is 1.14 bits per heavy atom. The topological polar surface area (TPSA) is 91.6 Å². The SMILES string of the molecule is Cc1cc(-n2c(C)cc(C(=O)Cn3nnc(-c4ccc(F)cc4)n3)c2C)no1. The lowest BCUT2D eigenvalue weighted by molar-refractivity contribution is 0.0961. The number of carbonyl (C=O) groups is 1. The van der Waals surface area contributed by atoms with Crippen molar-refractivity contribution in [1.82, 2.24) is 29.9 Å². The molecular formula is C19H17FN6O2. The van der Waals surface area contributed by atoms with Crippen LogP contribution in [0.15, 0.2) is 40.9 Å². The number of halogens is 1. The third-order valence-corrected chi connectivity index (χ3v) is 4.42. The number of hydrogen-bond acceptors (Lipinski definition) is 6. The van der Waals surface area contributed by atoms with Crippen LogP contribution >= 0.6 is 0 Å². The second-order valence-corrected chi connectivity index (χ2v) is 6.49. The Morgan fingerprint density at radius 3 is 2.57 bits per heavy atom. The van der Waals surface area contributed by atoms with Crippen LogP contribution in [0.3, 0.4) is 0 Å². The first kappa shape index (κ1) is 17.8. The lowest BCUT2D eigenvalue weighted by atomic mass is 10.1. The molecule has 0 spiro atoms. The normalized spacial score (nSPS) is 11.1. The first-order valence-electron chi connectivity index (χ1n) is 8.62. The van der Waals surface area contributed by atoms with Crippen LogP contribution in [0.1, 0.15) is 27.5 Å². The van der Waals surface area contributed by atoms with E-state index in [1.54, 1.807) is 18.2 Å². The van der Waals surface area contributed by atoms with Crippen LogP contribution in [0.5, 0.6) is 0 Å². The summed E-state index contributed by atoms with van der Waals surface area (Å²) in [5.41, 5.74) is 2.81. The summed E-state index contributed by atoms with van der Waals surface area (Å²) >= 11 is 0. The van der Waals surface area contributed by atoms with Crippen molar-refractivity contribution in [2.24, 2.45) is 0 Å². The van der Waals surface area contributed by atoms with Gasteiger partial charge >= 0.3 is 0 Å². The minimum absolute atomic E-state index is 0.0592. The Labute approximate surface area is 159 Å². The summed E-state index contributed by atoms with van der Waals surface area (Å²) in [5.74, 6) is 1.16. The Hall–Kier alpha value is -3.62. The van der Waals surface area contributed by atoms with Crippen molar-refractivity contribution in [2.45, 2.75) is 27.3 Å². The fraction of sp³-hybridized carbons (Fsp3) is 0.211. The molecular weight excluding hydrogens is 363 g/mol. The summed E-state index contributed by atoms with van der Waals surface area (Å²) in [5, 5.41) is 16.1. The largest absolute Gasteiger partial charge is 0.360 e. The second kappa shape index (κ2) is 6.84. The summed E-state index contributed by atoms with van der Waals surface area (Å²) in [6, 6.07) is 9.38. The minimum atomic E-state index is -0.344. The molecule has 0 radical (unpaired) electrons. The number of Topliss-reactive ketones (excluding diaryl/α,β-unsaturated/α-hetero) is 1. The van der Waals surface area contributed by atoms with Gasteiger partial charge in [-0.25, -0.2) is 4.39 Å². The molecule has 0 amide bonds. The number of benzene rings is 1.